The Labute approximate surface area is 181 Å². The van der Waals surface area contributed by atoms with Gasteiger partial charge in [0, 0.05) is 20.1 Å². The quantitative estimate of drug-likeness (QED) is 0.362. The van der Waals surface area contributed by atoms with E-state index in [1.165, 1.54) is 12.1 Å². The molecule has 1 unspecified atom stereocenters. The summed E-state index contributed by atoms with van der Waals surface area (Å²) in [5, 5.41) is 13.5. The van der Waals surface area contributed by atoms with Gasteiger partial charge in [-0.05, 0) is 42.3 Å². The molecule has 0 spiro atoms. The van der Waals surface area contributed by atoms with Gasteiger partial charge in [-0.1, -0.05) is 18.2 Å². The lowest BCUT2D eigenvalue weighted by Gasteiger charge is -2.23. The van der Waals surface area contributed by atoms with Crippen LogP contribution in [0.1, 0.15) is 24.2 Å². The summed E-state index contributed by atoms with van der Waals surface area (Å²) in [7, 11) is 1.93. The monoisotopic (exact) mass is 501 g/mol. The molecule has 1 heterocycles. The van der Waals surface area contributed by atoms with Crippen molar-refractivity contribution in [3.8, 4) is 11.5 Å². The molecular weight excluding hydrogens is 476 g/mol. The fraction of sp³-hybridized carbons (Fsp3) is 0.350. The van der Waals surface area contributed by atoms with Crippen molar-refractivity contribution in [2.45, 2.75) is 19.6 Å². The SMILES string of the molecule is CCNC(=NCC(O)c1ccc(F)cc1)N(C)Cc1ccc2c(c1)OCO2.I. The van der Waals surface area contributed by atoms with E-state index in [9.17, 15) is 9.50 Å². The second kappa shape index (κ2) is 10.5. The van der Waals surface area contributed by atoms with Crippen LogP contribution >= 0.6 is 24.0 Å². The van der Waals surface area contributed by atoms with Crippen molar-refractivity contribution in [2.24, 2.45) is 4.99 Å². The van der Waals surface area contributed by atoms with Crippen LogP contribution in [0.2, 0.25) is 0 Å². The molecule has 0 bridgehead atoms. The van der Waals surface area contributed by atoms with Crippen molar-refractivity contribution in [1.29, 1.82) is 0 Å². The van der Waals surface area contributed by atoms with Crippen molar-refractivity contribution in [3.05, 3.63) is 59.4 Å². The van der Waals surface area contributed by atoms with Crippen LogP contribution in [0, 0.1) is 5.82 Å². The van der Waals surface area contributed by atoms with Crippen molar-refractivity contribution < 1.29 is 19.0 Å². The van der Waals surface area contributed by atoms with Crippen LogP contribution in [0.4, 0.5) is 4.39 Å². The van der Waals surface area contributed by atoms with E-state index in [2.05, 4.69) is 10.3 Å². The van der Waals surface area contributed by atoms with Crippen LogP contribution in [-0.4, -0.2) is 42.9 Å². The van der Waals surface area contributed by atoms with Gasteiger partial charge in [-0.3, -0.25) is 4.99 Å². The number of nitrogens with one attached hydrogen (secondary N) is 1. The predicted molar refractivity (Wildman–Crippen MR) is 117 cm³/mol. The Morgan fingerprint density at radius 3 is 2.64 bits per heavy atom. The molecule has 0 fully saturated rings. The molecule has 152 valence electrons. The van der Waals surface area contributed by atoms with Crippen molar-refractivity contribution in [3.63, 3.8) is 0 Å². The number of aliphatic hydroxyl groups is 1. The van der Waals surface area contributed by atoms with E-state index >= 15 is 0 Å². The number of guanidine groups is 1. The fourth-order valence-electron chi connectivity index (χ4n) is 2.82. The summed E-state index contributed by atoms with van der Waals surface area (Å²) < 4.78 is 23.8. The van der Waals surface area contributed by atoms with E-state index in [1.807, 2.05) is 37.1 Å². The number of fused-ring (bicyclic) bond motifs is 1. The Morgan fingerprint density at radius 1 is 1.21 bits per heavy atom. The summed E-state index contributed by atoms with van der Waals surface area (Å²) in [4.78, 5) is 6.48. The number of nitrogens with zero attached hydrogens (tertiary/aromatic N) is 2. The van der Waals surface area contributed by atoms with E-state index in [4.69, 9.17) is 9.47 Å². The molecule has 1 atom stereocenters. The highest BCUT2D eigenvalue weighted by Gasteiger charge is 2.15. The average molecular weight is 501 g/mol. The normalized spacial score (nSPS) is 13.6. The summed E-state index contributed by atoms with van der Waals surface area (Å²) in [6.07, 6.45) is -0.793. The maximum atomic E-state index is 13.0. The molecule has 2 aromatic rings. The molecular formula is C20H25FIN3O3. The number of aliphatic imine (C=N–C) groups is 1. The Balaban J connectivity index is 0.00000280. The van der Waals surface area contributed by atoms with E-state index < -0.39 is 6.10 Å². The molecule has 1 aliphatic heterocycles. The number of ether oxygens (including phenoxy) is 2. The zero-order chi connectivity index (χ0) is 19.2. The lowest BCUT2D eigenvalue weighted by atomic mass is 10.1. The molecule has 2 N–H and O–H groups in total. The lowest BCUT2D eigenvalue weighted by molar-refractivity contribution is 0.174. The molecule has 0 aromatic heterocycles. The second-order valence-corrected chi connectivity index (χ2v) is 6.31. The van der Waals surface area contributed by atoms with Crippen LogP contribution in [-0.2, 0) is 6.54 Å². The topological polar surface area (TPSA) is 66.3 Å². The second-order valence-electron chi connectivity index (χ2n) is 6.31. The zero-order valence-corrected chi connectivity index (χ0v) is 18.2. The maximum Gasteiger partial charge on any atom is 0.231 e. The van der Waals surface area contributed by atoms with Gasteiger partial charge in [0.2, 0.25) is 6.79 Å². The number of aliphatic hydroxyl groups excluding tert-OH is 1. The molecule has 1 aliphatic rings. The third-order valence-corrected chi connectivity index (χ3v) is 4.22. The summed E-state index contributed by atoms with van der Waals surface area (Å²) in [6.45, 7) is 3.74. The lowest BCUT2D eigenvalue weighted by Crippen LogP contribution is -2.38. The van der Waals surface area contributed by atoms with Gasteiger partial charge < -0.3 is 24.8 Å². The first-order chi connectivity index (χ1) is 13.1. The molecule has 0 radical (unpaired) electrons. The van der Waals surface area contributed by atoms with Crippen LogP contribution in [0.5, 0.6) is 11.5 Å². The molecule has 0 saturated heterocycles. The van der Waals surface area contributed by atoms with Crippen molar-refractivity contribution in [2.75, 3.05) is 26.9 Å². The van der Waals surface area contributed by atoms with Gasteiger partial charge in [0.1, 0.15) is 5.82 Å². The van der Waals surface area contributed by atoms with Gasteiger partial charge >= 0.3 is 0 Å². The van der Waals surface area contributed by atoms with E-state index in [0.717, 1.165) is 17.1 Å². The Kier molecular flexibility index (Phi) is 8.31. The smallest absolute Gasteiger partial charge is 0.231 e. The standard InChI is InChI=1S/C20H24FN3O3.HI/c1-3-22-20(23-11-17(25)15-5-7-16(21)8-6-15)24(2)12-14-4-9-18-19(10-14)27-13-26-18;/h4-10,17,25H,3,11-13H2,1-2H3,(H,22,23);1H. The first-order valence-electron chi connectivity index (χ1n) is 8.88. The summed E-state index contributed by atoms with van der Waals surface area (Å²) >= 11 is 0. The van der Waals surface area contributed by atoms with Crippen LogP contribution in [0.25, 0.3) is 0 Å². The molecule has 0 amide bonds. The molecule has 0 aliphatic carbocycles. The van der Waals surface area contributed by atoms with E-state index in [1.54, 1.807) is 12.1 Å². The highest BCUT2D eigenvalue weighted by Crippen LogP contribution is 2.32. The summed E-state index contributed by atoms with van der Waals surface area (Å²) in [6, 6.07) is 11.6. The summed E-state index contributed by atoms with van der Waals surface area (Å²) in [5.74, 6) is 1.85. The van der Waals surface area contributed by atoms with Gasteiger partial charge in [0.05, 0.1) is 12.6 Å². The maximum absolute atomic E-state index is 13.0. The van der Waals surface area contributed by atoms with Crippen molar-refractivity contribution >= 4 is 29.9 Å². The molecule has 6 nitrogen and oxygen atoms in total. The molecule has 3 rings (SSSR count). The first kappa shape index (κ1) is 22.2. The minimum Gasteiger partial charge on any atom is -0.454 e. The minimum atomic E-state index is -0.793. The number of halogens is 2. The number of hydrogen-bond acceptors (Lipinski definition) is 4. The van der Waals surface area contributed by atoms with Crippen molar-refractivity contribution in [1.82, 2.24) is 10.2 Å². The Morgan fingerprint density at radius 2 is 1.93 bits per heavy atom. The third kappa shape index (κ3) is 5.71. The minimum absolute atomic E-state index is 0. The van der Waals surface area contributed by atoms with Gasteiger partial charge in [-0.2, -0.15) is 0 Å². The van der Waals surface area contributed by atoms with E-state index in [-0.39, 0.29) is 43.1 Å². The van der Waals surface area contributed by atoms with Gasteiger partial charge in [0.15, 0.2) is 17.5 Å². The van der Waals surface area contributed by atoms with Crippen LogP contribution < -0.4 is 14.8 Å². The number of hydrogen-bond donors (Lipinski definition) is 2. The predicted octanol–water partition coefficient (Wildman–Crippen LogP) is 3.30. The Bertz CT molecular complexity index is 802. The van der Waals surface area contributed by atoms with Crippen LogP contribution in [0.15, 0.2) is 47.5 Å². The largest absolute Gasteiger partial charge is 0.454 e. The first-order valence-corrected chi connectivity index (χ1v) is 8.88. The highest BCUT2D eigenvalue weighted by atomic mass is 127. The molecule has 2 aromatic carbocycles. The van der Waals surface area contributed by atoms with Gasteiger partial charge in [0.25, 0.3) is 0 Å². The highest BCUT2D eigenvalue weighted by molar-refractivity contribution is 14.0. The third-order valence-electron chi connectivity index (χ3n) is 4.22. The van der Waals surface area contributed by atoms with Crippen LogP contribution in [0.3, 0.4) is 0 Å². The zero-order valence-electron chi connectivity index (χ0n) is 15.9. The molecule has 8 heteroatoms. The fourth-order valence-corrected chi connectivity index (χ4v) is 2.82. The van der Waals surface area contributed by atoms with Gasteiger partial charge in [-0.15, -0.1) is 24.0 Å². The van der Waals surface area contributed by atoms with E-state index in [0.29, 0.717) is 24.6 Å². The Hall–Kier alpha value is -2.07. The summed E-state index contributed by atoms with van der Waals surface area (Å²) in [5.41, 5.74) is 1.70. The number of rotatable bonds is 6. The average Bonchev–Trinajstić information content (AvgIpc) is 3.13. The molecule has 28 heavy (non-hydrogen) atoms. The van der Waals surface area contributed by atoms with Gasteiger partial charge in [-0.25, -0.2) is 4.39 Å². The number of benzene rings is 2. The molecule has 0 saturated carbocycles.